The van der Waals surface area contributed by atoms with Crippen molar-refractivity contribution in [1.29, 1.82) is 0 Å². The third kappa shape index (κ3) is 5.93. The van der Waals surface area contributed by atoms with Crippen molar-refractivity contribution in [3.8, 4) is 0 Å². The fourth-order valence-electron chi connectivity index (χ4n) is 3.19. The molecule has 0 aliphatic carbocycles. The third-order valence-electron chi connectivity index (χ3n) is 4.68. The molecule has 0 amide bonds. The normalized spacial score (nSPS) is 18.7. The van der Waals surface area contributed by atoms with Crippen LogP contribution in [0.4, 0.5) is 0 Å². The van der Waals surface area contributed by atoms with E-state index in [4.69, 9.17) is 9.73 Å². The molecule has 148 valence electrons. The monoisotopic (exact) mass is 483 g/mol. The summed E-state index contributed by atoms with van der Waals surface area (Å²) in [6.07, 6.45) is 3.94. The van der Waals surface area contributed by atoms with Gasteiger partial charge in [0.1, 0.15) is 6.10 Å². The quantitative estimate of drug-likeness (QED) is 0.404. The number of benzene rings is 1. The van der Waals surface area contributed by atoms with Crippen molar-refractivity contribution in [2.45, 2.75) is 25.9 Å². The van der Waals surface area contributed by atoms with Crippen LogP contribution >= 0.6 is 24.0 Å². The first kappa shape index (κ1) is 21.7. The number of aliphatic imine (C=N–C) groups is 1. The average molecular weight is 483 g/mol. The molecule has 27 heavy (non-hydrogen) atoms. The van der Waals surface area contributed by atoms with Gasteiger partial charge in [-0.25, -0.2) is 0 Å². The molecule has 2 aromatic rings. The van der Waals surface area contributed by atoms with E-state index in [9.17, 15) is 0 Å². The Kier molecular flexibility index (Phi) is 8.56. The highest BCUT2D eigenvalue weighted by molar-refractivity contribution is 14.0. The van der Waals surface area contributed by atoms with E-state index in [0.717, 1.165) is 37.7 Å². The summed E-state index contributed by atoms with van der Waals surface area (Å²) in [6.45, 7) is 8.28. The van der Waals surface area contributed by atoms with E-state index in [0.29, 0.717) is 12.5 Å². The molecular weight excluding hydrogens is 453 g/mol. The molecule has 1 fully saturated rings. The largest absolute Gasteiger partial charge is 0.370 e. The maximum absolute atomic E-state index is 5.95. The topological polar surface area (TPSA) is 54.7 Å². The molecule has 1 saturated heterocycles. The molecule has 7 heteroatoms. The summed E-state index contributed by atoms with van der Waals surface area (Å²) in [4.78, 5) is 7.20. The molecule has 1 aliphatic heterocycles. The van der Waals surface area contributed by atoms with E-state index in [-0.39, 0.29) is 30.1 Å². The number of aryl methyl sites for hydroxylation is 1. The number of hydrogen-bond donors (Lipinski definition) is 1. The summed E-state index contributed by atoms with van der Waals surface area (Å²) in [5.74, 6) is 1.35. The Bertz CT molecular complexity index is 718. The predicted octanol–water partition coefficient (Wildman–Crippen LogP) is 3.18. The van der Waals surface area contributed by atoms with E-state index < -0.39 is 0 Å². The minimum Gasteiger partial charge on any atom is -0.370 e. The second-order valence-electron chi connectivity index (χ2n) is 6.76. The molecule has 0 spiro atoms. The van der Waals surface area contributed by atoms with Gasteiger partial charge in [-0.05, 0) is 12.5 Å². The number of morpholine rings is 1. The van der Waals surface area contributed by atoms with Crippen molar-refractivity contribution >= 4 is 29.9 Å². The summed E-state index contributed by atoms with van der Waals surface area (Å²) in [6, 6.07) is 10.6. The Morgan fingerprint density at radius 1 is 1.37 bits per heavy atom. The second-order valence-corrected chi connectivity index (χ2v) is 6.76. The van der Waals surface area contributed by atoms with Crippen LogP contribution in [0, 0.1) is 0 Å². The lowest BCUT2D eigenvalue weighted by molar-refractivity contribution is -0.00804. The number of halogens is 1. The number of rotatable bonds is 5. The van der Waals surface area contributed by atoms with Crippen LogP contribution in [0.5, 0.6) is 0 Å². The molecule has 1 N–H and O–H groups in total. The van der Waals surface area contributed by atoms with Crippen LogP contribution in [0.2, 0.25) is 0 Å². The van der Waals surface area contributed by atoms with Gasteiger partial charge in [-0.3, -0.25) is 9.67 Å². The molecule has 2 atom stereocenters. The smallest absolute Gasteiger partial charge is 0.194 e. The minimum absolute atomic E-state index is 0. The van der Waals surface area contributed by atoms with Gasteiger partial charge in [-0.1, -0.05) is 37.3 Å². The molecular formula is C20H30IN5O. The van der Waals surface area contributed by atoms with E-state index in [1.54, 1.807) is 0 Å². The van der Waals surface area contributed by atoms with Gasteiger partial charge in [0.05, 0.1) is 19.3 Å². The van der Waals surface area contributed by atoms with Gasteiger partial charge >= 0.3 is 0 Å². The lowest BCUT2D eigenvalue weighted by atomic mass is 10.0. The van der Waals surface area contributed by atoms with Gasteiger partial charge in [-0.2, -0.15) is 5.10 Å². The summed E-state index contributed by atoms with van der Waals surface area (Å²) in [5.41, 5.74) is 2.44. The molecule has 6 nitrogen and oxygen atoms in total. The number of ether oxygens (including phenoxy) is 1. The van der Waals surface area contributed by atoms with Gasteiger partial charge in [0, 0.05) is 44.4 Å². The molecule has 1 aliphatic rings. The van der Waals surface area contributed by atoms with Crippen molar-refractivity contribution in [2.24, 2.45) is 12.0 Å². The highest BCUT2D eigenvalue weighted by atomic mass is 127. The fraction of sp³-hybridized carbons (Fsp3) is 0.500. The van der Waals surface area contributed by atoms with Crippen LogP contribution < -0.4 is 5.32 Å². The molecule has 2 heterocycles. The Balaban J connectivity index is 0.00000261. The van der Waals surface area contributed by atoms with Gasteiger partial charge in [-0.15, -0.1) is 24.0 Å². The highest BCUT2D eigenvalue weighted by Gasteiger charge is 2.25. The molecule has 0 saturated carbocycles. The first-order valence-electron chi connectivity index (χ1n) is 9.35. The number of guanidine groups is 1. The zero-order valence-electron chi connectivity index (χ0n) is 16.3. The lowest BCUT2D eigenvalue weighted by Gasteiger charge is -2.35. The van der Waals surface area contributed by atoms with Gasteiger partial charge in [0.15, 0.2) is 5.96 Å². The summed E-state index contributed by atoms with van der Waals surface area (Å²) < 4.78 is 7.77. The second kappa shape index (κ2) is 10.7. The SMILES string of the molecule is CCNC(=NCC(C)c1ccccc1)N1CCOC(c2cnn(C)c2)C1.I. The van der Waals surface area contributed by atoms with Crippen molar-refractivity contribution in [1.82, 2.24) is 20.0 Å². The Labute approximate surface area is 179 Å². The third-order valence-corrected chi connectivity index (χ3v) is 4.68. The molecule has 2 unspecified atom stereocenters. The van der Waals surface area contributed by atoms with Gasteiger partial charge < -0.3 is 15.0 Å². The number of nitrogens with one attached hydrogen (secondary N) is 1. The van der Waals surface area contributed by atoms with Gasteiger partial charge in [0.2, 0.25) is 0 Å². The summed E-state index contributed by atoms with van der Waals surface area (Å²) >= 11 is 0. The van der Waals surface area contributed by atoms with Crippen molar-refractivity contribution in [3.05, 3.63) is 53.9 Å². The molecule has 3 rings (SSSR count). The van der Waals surface area contributed by atoms with Crippen LogP contribution in [-0.4, -0.2) is 53.4 Å². The van der Waals surface area contributed by atoms with Crippen LogP contribution in [0.1, 0.15) is 37.0 Å². The first-order valence-corrected chi connectivity index (χ1v) is 9.35. The highest BCUT2D eigenvalue weighted by Crippen LogP contribution is 2.22. The fourth-order valence-corrected chi connectivity index (χ4v) is 3.19. The zero-order valence-corrected chi connectivity index (χ0v) is 18.7. The Hall–Kier alpha value is -1.61. The Morgan fingerprint density at radius 3 is 2.81 bits per heavy atom. The van der Waals surface area contributed by atoms with E-state index >= 15 is 0 Å². The van der Waals surface area contributed by atoms with Crippen LogP contribution in [-0.2, 0) is 11.8 Å². The van der Waals surface area contributed by atoms with Crippen LogP contribution in [0.15, 0.2) is 47.7 Å². The molecule has 1 aromatic carbocycles. The number of aromatic nitrogens is 2. The molecule has 0 radical (unpaired) electrons. The van der Waals surface area contributed by atoms with Crippen LogP contribution in [0.3, 0.4) is 0 Å². The molecule has 0 bridgehead atoms. The summed E-state index contributed by atoms with van der Waals surface area (Å²) in [5, 5.41) is 7.70. The predicted molar refractivity (Wildman–Crippen MR) is 120 cm³/mol. The zero-order chi connectivity index (χ0) is 18.4. The van der Waals surface area contributed by atoms with E-state index in [1.165, 1.54) is 5.56 Å². The number of nitrogens with zero attached hydrogens (tertiary/aromatic N) is 4. The standard InChI is InChI=1S/C20H29N5O.HI/c1-4-21-20(22-12-16(2)17-8-6-5-7-9-17)25-10-11-26-19(15-25)18-13-23-24(3)14-18;/h5-9,13-14,16,19H,4,10-12,15H2,1-3H3,(H,21,22);1H. The van der Waals surface area contributed by atoms with Gasteiger partial charge in [0.25, 0.3) is 0 Å². The average Bonchev–Trinajstić information content (AvgIpc) is 3.12. The minimum atomic E-state index is 0. The van der Waals surface area contributed by atoms with Crippen molar-refractivity contribution in [2.75, 3.05) is 32.8 Å². The Morgan fingerprint density at radius 2 is 2.15 bits per heavy atom. The summed E-state index contributed by atoms with van der Waals surface area (Å²) in [7, 11) is 1.93. The first-order chi connectivity index (χ1) is 12.7. The van der Waals surface area contributed by atoms with Crippen molar-refractivity contribution in [3.63, 3.8) is 0 Å². The van der Waals surface area contributed by atoms with Crippen LogP contribution in [0.25, 0.3) is 0 Å². The lowest BCUT2D eigenvalue weighted by Crippen LogP contribution is -2.48. The van der Waals surface area contributed by atoms with E-state index in [2.05, 4.69) is 59.5 Å². The van der Waals surface area contributed by atoms with E-state index in [1.807, 2.05) is 24.1 Å². The maximum Gasteiger partial charge on any atom is 0.194 e. The van der Waals surface area contributed by atoms with Crippen molar-refractivity contribution < 1.29 is 4.74 Å². The number of hydrogen-bond acceptors (Lipinski definition) is 3. The maximum atomic E-state index is 5.95. The molecule has 1 aromatic heterocycles.